The zero-order valence-corrected chi connectivity index (χ0v) is 15.4. The first-order valence-corrected chi connectivity index (χ1v) is 9.52. The lowest BCUT2D eigenvalue weighted by atomic mass is 10.1. The SMILES string of the molecule is C=C(OC)C1CC1/C=C\CCCCCCC(=O)N1CCCC1C(N)=O. The van der Waals surface area contributed by atoms with Crippen LogP contribution in [0.25, 0.3) is 0 Å². The van der Waals surface area contributed by atoms with Crippen LogP contribution in [0.5, 0.6) is 0 Å². The topological polar surface area (TPSA) is 72.6 Å². The van der Waals surface area contributed by atoms with Crippen molar-refractivity contribution in [2.45, 2.75) is 63.8 Å². The molecule has 1 aliphatic carbocycles. The van der Waals surface area contributed by atoms with Gasteiger partial charge in [-0.3, -0.25) is 9.59 Å². The number of ether oxygens (including phenoxy) is 1. The van der Waals surface area contributed by atoms with Crippen molar-refractivity contribution < 1.29 is 14.3 Å². The van der Waals surface area contributed by atoms with Crippen LogP contribution in [0.1, 0.15) is 57.8 Å². The first kappa shape index (κ1) is 19.5. The Morgan fingerprint density at radius 2 is 2.04 bits per heavy atom. The predicted octanol–water partition coefficient (Wildman–Crippen LogP) is 3.16. The molecule has 2 N–H and O–H groups in total. The number of amides is 2. The lowest BCUT2D eigenvalue weighted by Gasteiger charge is -2.22. The molecule has 140 valence electrons. The number of nitrogens with zero attached hydrogens (tertiary/aromatic N) is 1. The van der Waals surface area contributed by atoms with E-state index in [-0.39, 0.29) is 17.9 Å². The average Bonchev–Trinajstić information content (AvgIpc) is 3.18. The summed E-state index contributed by atoms with van der Waals surface area (Å²) in [4.78, 5) is 25.2. The van der Waals surface area contributed by atoms with E-state index in [0.29, 0.717) is 31.2 Å². The highest BCUT2D eigenvalue weighted by molar-refractivity contribution is 5.87. The van der Waals surface area contributed by atoms with Crippen LogP contribution in [-0.2, 0) is 14.3 Å². The van der Waals surface area contributed by atoms with Crippen molar-refractivity contribution in [1.82, 2.24) is 4.90 Å². The van der Waals surface area contributed by atoms with Crippen LogP contribution >= 0.6 is 0 Å². The van der Waals surface area contributed by atoms with Crippen molar-refractivity contribution in [3.63, 3.8) is 0 Å². The van der Waals surface area contributed by atoms with Gasteiger partial charge in [-0.1, -0.05) is 31.6 Å². The molecule has 0 aromatic carbocycles. The van der Waals surface area contributed by atoms with Gasteiger partial charge in [0, 0.05) is 18.9 Å². The van der Waals surface area contributed by atoms with Crippen LogP contribution in [0.2, 0.25) is 0 Å². The number of carbonyl (C=O) groups is 2. The van der Waals surface area contributed by atoms with Gasteiger partial charge in [-0.25, -0.2) is 0 Å². The van der Waals surface area contributed by atoms with Gasteiger partial charge in [-0.2, -0.15) is 0 Å². The highest BCUT2D eigenvalue weighted by Gasteiger charge is 2.37. The van der Waals surface area contributed by atoms with Crippen LogP contribution in [0.3, 0.4) is 0 Å². The Balaban J connectivity index is 1.49. The number of carbonyl (C=O) groups excluding carboxylic acids is 2. The molecule has 1 saturated carbocycles. The van der Waals surface area contributed by atoms with Gasteiger partial charge in [0.1, 0.15) is 6.04 Å². The number of allylic oxidation sites excluding steroid dienone is 3. The van der Waals surface area contributed by atoms with Crippen LogP contribution in [0, 0.1) is 11.8 Å². The van der Waals surface area contributed by atoms with E-state index >= 15 is 0 Å². The molecule has 25 heavy (non-hydrogen) atoms. The van der Waals surface area contributed by atoms with E-state index in [4.69, 9.17) is 10.5 Å². The van der Waals surface area contributed by atoms with E-state index < -0.39 is 0 Å². The van der Waals surface area contributed by atoms with E-state index in [2.05, 4.69) is 18.7 Å². The first-order valence-electron chi connectivity index (χ1n) is 9.52. The standard InChI is InChI=1S/C20H32N2O3/c1-15(25-2)17-14-16(17)10-7-5-3-4-6-8-12-19(23)22-13-9-11-18(22)20(21)24/h7,10,16-18H,1,3-6,8-9,11-14H2,2H3,(H2,21,24)/b10-7-. The van der Waals surface area contributed by atoms with E-state index in [1.165, 1.54) is 0 Å². The van der Waals surface area contributed by atoms with Crippen molar-refractivity contribution >= 4 is 11.8 Å². The molecule has 0 radical (unpaired) electrons. The molecule has 2 rings (SSSR count). The second-order valence-electron chi connectivity index (χ2n) is 7.21. The molecular weight excluding hydrogens is 316 g/mol. The number of hydrogen-bond donors (Lipinski definition) is 1. The zero-order chi connectivity index (χ0) is 18.2. The minimum absolute atomic E-state index is 0.0827. The monoisotopic (exact) mass is 348 g/mol. The van der Waals surface area contributed by atoms with Gasteiger partial charge in [0.05, 0.1) is 12.9 Å². The summed E-state index contributed by atoms with van der Waals surface area (Å²) < 4.78 is 5.17. The molecular formula is C20H32N2O3. The number of primary amides is 1. The van der Waals surface area contributed by atoms with Gasteiger partial charge < -0.3 is 15.4 Å². The highest BCUT2D eigenvalue weighted by atomic mass is 16.5. The molecule has 1 saturated heterocycles. The number of nitrogens with two attached hydrogens (primary N) is 1. The summed E-state index contributed by atoms with van der Waals surface area (Å²) >= 11 is 0. The van der Waals surface area contributed by atoms with Crippen molar-refractivity contribution in [2.24, 2.45) is 17.6 Å². The smallest absolute Gasteiger partial charge is 0.240 e. The number of unbranched alkanes of at least 4 members (excludes halogenated alkanes) is 4. The summed E-state index contributed by atoms with van der Waals surface area (Å²) in [6.45, 7) is 4.58. The number of hydrogen-bond acceptors (Lipinski definition) is 3. The van der Waals surface area contributed by atoms with Gasteiger partial charge >= 0.3 is 0 Å². The molecule has 5 heteroatoms. The van der Waals surface area contributed by atoms with E-state index in [9.17, 15) is 9.59 Å². The Labute approximate surface area is 151 Å². The molecule has 1 heterocycles. The summed E-state index contributed by atoms with van der Waals surface area (Å²) in [7, 11) is 1.68. The molecule has 0 aromatic rings. The summed E-state index contributed by atoms with van der Waals surface area (Å²) in [6, 6.07) is -0.377. The van der Waals surface area contributed by atoms with Gasteiger partial charge in [0.25, 0.3) is 0 Å². The minimum atomic E-state index is -0.377. The lowest BCUT2D eigenvalue weighted by molar-refractivity contribution is -0.137. The van der Waals surface area contributed by atoms with E-state index in [1.807, 2.05) is 0 Å². The molecule has 5 nitrogen and oxygen atoms in total. The summed E-state index contributed by atoms with van der Waals surface area (Å²) in [5.74, 6) is 1.74. The molecule has 2 amide bonds. The van der Waals surface area contributed by atoms with E-state index in [0.717, 1.165) is 50.7 Å². The molecule has 0 bridgehead atoms. The molecule has 0 aromatic heterocycles. The fourth-order valence-electron chi connectivity index (χ4n) is 3.62. The van der Waals surface area contributed by atoms with Gasteiger partial charge in [0.15, 0.2) is 0 Å². The van der Waals surface area contributed by atoms with E-state index in [1.54, 1.807) is 12.0 Å². The van der Waals surface area contributed by atoms with Crippen molar-refractivity contribution in [3.8, 4) is 0 Å². The fraction of sp³-hybridized carbons (Fsp3) is 0.700. The maximum absolute atomic E-state index is 12.2. The normalized spacial score (nSPS) is 25.3. The van der Waals surface area contributed by atoms with Crippen molar-refractivity contribution in [2.75, 3.05) is 13.7 Å². The van der Waals surface area contributed by atoms with Crippen LogP contribution in [-0.4, -0.2) is 36.4 Å². The van der Waals surface area contributed by atoms with Gasteiger partial charge in [0.2, 0.25) is 11.8 Å². The molecule has 0 spiro atoms. The molecule has 3 atom stereocenters. The minimum Gasteiger partial charge on any atom is -0.501 e. The maximum atomic E-state index is 12.2. The van der Waals surface area contributed by atoms with Crippen molar-refractivity contribution in [3.05, 3.63) is 24.5 Å². The van der Waals surface area contributed by atoms with Gasteiger partial charge in [-0.15, -0.1) is 0 Å². The number of rotatable bonds is 11. The van der Waals surface area contributed by atoms with Crippen LogP contribution < -0.4 is 5.73 Å². The van der Waals surface area contributed by atoms with Crippen LogP contribution in [0.15, 0.2) is 24.5 Å². The highest BCUT2D eigenvalue weighted by Crippen LogP contribution is 2.44. The average molecular weight is 348 g/mol. The molecule has 2 aliphatic rings. The summed E-state index contributed by atoms with van der Waals surface area (Å²) in [6.07, 6.45) is 13.2. The summed E-state index contributed by atoms with van der Waals surface area (Å²) in [5, 5.41) is 0. The van der Waals surface area contributed by atoms with Crippen molar-refractivity contribution in [1.29, 1.82) is 0 Å². The number of likely N-dealkylation sites (tertiary alicyclic amines) is 1. The number of methoxy groups -OCH3 is 1. The van der Waals surface area contributed by atoms with Gasteiger partial charge in [-0.05, 0) is 44.4 Å². The third-order valence-electron chi connectivity index (χ3n) is 5.31. The largest absolute Gasteiger partial charge is 0.501 e. The van der Waals surface area contributed by atoms with Crippen LogP contribution in [0.4, 0.5) is 0 Å². The fourth-order valence-corrected chi connectivity index (χ4v) is 3.62. The zero-order valence-electron chi connectivity index (χ0n) is 15.4. The second kappa shape index (κ2) is 9.64. The second-order valence-corrected chi connectivity index (χ2v) is 7.21. The Bertz CT molecular complexity index is 515. The third-order valence-corrected chi connectivity index (χ3v) is 5.31. The third kappa shape index (κ3) is 5.91. The summed E-state index contributed by atoms with van der Waals surface area (Å²) in [5.41, 5.74) is 5.36. The Morgan fingerprint density at radius 3 is 2.76 bits per heavy atom. The lowest BCUT2D eigenvalue weighted by Crippen LogP contribution is -2.43. The quantitative estimate of drug-likeness (QED) is 0.354. The first-order chi connectivity index (χ1) is 12.0. The predicted molar refractivity (Wildman–Crippen MR) is 98.5 cm³/mol. The molecule has 3 unspecified atom stereocenters. The Morgan fingerprint density at radius 1 is 1.28 bits per heavy atom. The maximum Gasteiger partial charge on any atom is 0.240 e. The molecule has 1 aliphatic heterocycles. The molecule has 2 fully saturated rings. The Kier molecular flexibility index (Phi) is 7.53. The Hall–Kier alpha value is -1.78.